The highest BCUT2D eigenvalue weighted by Gasteiger charge is 2.23. The van der Waals surface area contributed by atoms with E-state index in [1.807, 2.05) is 30.3 Å². The quantitative estimate of drug-likeness (QED) is 0.394. The zero-order chi connectivity index (χ0) is 23.6. The Kier molecular flexibility index (Phi) is 9.42. The molecular formula is C26H34FN3O3. The van der Waals surface area contributed by atoms with Gasteiger partial charge in [0.2, 0.25) is 5.88 Å². The van der Waals surface area contributed by atoms with Gasteiger partial charge in [-0.1, -0.05) is 38.5 Å². The van der Waals surface area contributed by atoms with Gasteiger partial charge in [0.25, 0.3) is 0 Å². The summed E-state index contributed by atoms with van der Waals surface area (Å²) in [5, 5.41) is 15.3. The van der Waals surface area contributed by atoms with Crippen LogP contribution in [0.3, 0.4) is 0 Å². The summed E-state index contributed by atoms with van der Waals surface area (Å²) in [7, 11) is 1.68. The zero-order valence-corrected chi connectivity index (χ0v) is 19.7. The normalized spacial score (nSPS) is 12.3. The Morgan fingerprint density at radius 3 is 2.45 bits per heavy atom. The molecule has 33 heavy (non-hydrogen) atoms. The van der Waals surface area contributed by atoms with Gasteiger partial charge in [0, 0.05) is 26.7 Å². The highest BCUT2D eigenvalue weighted by molar-refractivity contribution is 5.43. The van der Waals surface area contributed by atoms with Crippen LogP contribution in [0.4, 0.5) is 4.39 Å². The van der Waals surface area contributed by atoms with E-state index in [2.05, 4.69) is 18.7 Å². The maximum atomic E-state index is 13.5. The second-order valence-electron chi connectivity index (χ2n) is 8.06. The Morgan fingerprint density at radius 1 is 1.09 bits per heavy atom. The van der Waals surface area contributed by atoms with Gasteiger partial charge in [-0.25, -0.2) is 9.07 Å². The number of hydrogen-bond donors (Lipinski definition) is 1. The molecule has 0 saturated carbocycles. The summed E-state index contributed by atoms with van der Waals surface area (Å²) >= 11 is 0. The number of para-hydroxylation sites is 1. The number of hydrogen-bond acceptors (Lipinski definition) is 5. The van der Waals surface area contributed by atoms with Gasteiger partial charge in [-0.3, -0.25) is 4.90 Å². The predicted molar refractivity (Wildman–Crippen MR) is 127 cm³/mol. The fraction of sp³-hybridized carbons (Fsp3) is 0.423. The minimum Gasteiger partial charge on any atom is -0.439 e. The van der Waals surface area contributed by atoms with Crippen molar-refractivity contribution in [3.8, 4) is 17.3 Å². The fourth-order valence-corrected chi connectivity index (χ4v) is 3.79. The third kappa shape index (κ3) is 6.87. The largest absolute Gasteiger partial charge is 0.439 e. The topological polar surface area (TPSA) is 59.8 Å². The van der Waals surface area contributed by atoms with Crippen molar-refractivity contribution in [2.45, 2.75) is 45.8 Å². The number of ether oxygens (including phenoxy) is 2. The predicted octanol–water partition coefficient (Wildman–Crippen LogP) is 4.98. The van der Waals surface area contributed by atoms with Crippen LogP contribution in [0.1, 0.15) is 37.9 Å². The molecule has 1 unspecified atom stereocenters. The molecule has 7 heteroatoms. The van der Waals surface area contributed by atoms with Gasteiger partial charge < -0.3 is 14.6 Å². The van der Waals surface area contributed by atoms with Crippen LogP contribution in [0.2, 0.25) is 0 Å². The Bertz CT molecular complexity index is 976. The molecule has 1 atom stereocenters. The van der Waals surface area contributed by atoms with Crippen LogP contribution in [-0.2, 0) is 17.7 Å². The molecule has 2 aromatic carbocycles. The number of benzene rings is 2. The maximum absolute atomic E-state index is 13.5. The van der Waals surface area contributed by atoms with Gasteiger partial charge in [0.05, 0.1) is 29.7 Å². The molecule has 3 aromatic rings. The van der Waals surface area contributed by atoms with Crippen molar-refractivity contribution in [3.63, 3.8) is 0 Å². The van der Waals surface area contributed by atoms with Crippen LogP contribution in [0.5, 0.6) is 11.6 Å². The first kappa shape index (κ1) is 24.9. The summed E-state index contributed by atoms with van der Waals surface area (Å²) in [5.74, 6) is 0.813. The van der Waals surface area contributed by atoms with Crippen LogP contribution in [0.25, 0.3) is 5.69 Å². The molecule has 0 saturated heterocycles. The summed E-state index contributed by atoms with van der Waals surface area (Å²) in [4.78, 5) is 2.17. The van der Waals surface area contributed by atoms with E-state index in [1.54, 1.807) is 23.9 Å². The molecule has 0 spiro atoms. The Morgan fingerprint density at radius 2 is 1.82 bits per heavy atom. The van der Waals surface area contributed by atoms with Gasteiger partial charge in [0.1, 0.15) is 11.6 Å². The SMILES string of the molecule is CCCC(O)CN(CCOC)Cc1c(CC)nn(-c2ccccc2)c1Oc1ccc(F)cc1. The number of aromatic nitrogens is 2. The van der Waals surface area contributed by atoms with Crippen LogP contribution in [-0.4, -0.2) is 52.7 Å². The van der Waals surface area contributed by atoms with Crippen molar-refractivity contribution in [3.05, 3.63) is 71.7 Å². The van der Waals surface area contributed by atoms with E-state index >= 15 is 0 Å². The van der Waals surface area contributed by atoms with Gasteiger partial charge in [-0.2, -0.15) is 5.10 Å². The van der Waals surface area contributed by atoms with Crippen molar-refractivity contribution >= 4 is 0 Å². The van der Waals surface area contributed by atoms with Crippen molar-refractivity contribution in [1.29, 1.82) is 0 Å². The molecule has 1 aromatic heterocycles. The van der Waals surface area contributed by atoms with Gasteiger partial charge >= 0.3 is 0 Å². The highest BCUT2D eigenvalue weighted by atomic mass is 19.1. The average Bonchev–Trinajstić information content (AvgIpc) is 3.16. The van der Waals surface area contributed by atoms with E-state index in [-0.39, 0.29) is 5.82 Å². The second kappa shape index (κ2) is 12.5. The van der Waals surface area contributed by atoms with Gasteiger partial charge in [-0.15, -0.1) is 0 Å². The monoisotopic (exact) mass is 455 g/mol. The number of nitrogens with zero attached hydrogens (tertiary/aromatic N) is 3. The first-order valence-corrected chi connectivity index (χ1v) is 11.5. The number of aliphatic hydroxyl groups is 1. The van der Waals surface area contributed by atoms with Crippen molar-refractivity contribution in [1.82, 2.24) is 14.7 Å². The third-order valence-electron chi connectivity index (χ3n) is 5.47. The lowest BCUT2D eigenvalue weighted by molar-refractivity contribution is 0.0795. The van der Waals surface area contributed by atoms with Crippen LogP contribution in [0.15, 0.2) is 54.6 Å². The molecule has 0 amide bonds. The van der Waals surface area contributed by atoms with Crippen molar-refractivity contribution in [2.24, 2.45) is 0 Å². The lowest BCUT2D eigenvalue weighted by atomic mass is 10.1. The van der Waals surface area contributed by atoms with E-state index in [1.165, 1.54) is 12.1 Å². The first-order chi connectivity index (χ1) is 16.0. The molecule has 0 aliphatic carbocycles. The highest BCUT2D eigenvalue weighted by Crippen LogP contribution is 2.32. The van der Waals surface area contributed by atoms with E-state index in [0.29, 0.717) is 37.9 Å². The van der Waals surface area contributed by atoms with Crippen LogP contribution >= 0.6 is 0 Å². The average molecular weight is 456 g/mol. The summed E-state index contributed by atoms with van der Waals surface area (Å²) in [6.45, 7) is 6.45. The van der Waals surface area contributed by atoms with E-state index < -0.39 is 6.10 Å². The molecule has 0 aliphatic heterocycles. The zero-order valence-electron chi connectivity index (χ0n) is 19.7. The molecule has 178 valence electrons. The van der Waals surface area contributed by atoms with Crippen LogP contribution < -0.4 is 4.74 Å². The van der Waals surface area contributed by atoms with Crippen LogP contribution in [0, 0.1) is 5.82 Å². The minimum atomic E-state index is -0.414. The molecule has 1 N–H and O–H groups in total. The fourth-order valence-electron chi connectivity index (χ4n) is 3.79. The smallest absolute Gasteiger partial charge is 0.227 e. The number of halogens is 1. The molecule has 0 radical (unpaired) electrons. The van der Waals surface area contributed by atoms with Crippen molar-refractivity contribution < 1.29 is 19.0 Å². The summed E-state index contributed by atoms with van der Waals surface area (Å²) in [6, 6.07) is 15.8. The standard InChI is InChI=1S/C26H34FN3O3/c1-4-9-22(31)18-29(16-17-32-3)19-24-25(5-2)28-30(21-10-7-6-8-11-21)26(24)33-23-14-12-20(27)13-15-23/h6-8,10-15,22,31H,4-5,9,16-19H2,1-3H3. The molecule has 0 fully saturated rings. The summed E-state index contributed by atoms with van der Waals surface area (Å²) in [6.07, 6.45) is 1.98. The molecule has 0 aliphatic rings. The molecular weight excluding hydrogens is 421 g/mol. The molecule has 3 rings (SSSR count). The molecule has 1 heterocycles. The molecule has 0 bridgehead atoms. The lowest BCUT2D eigenvalue weighted by Gasteiger charge is -2.25. The summed E-state index contributed by atoms with van der Waals surface area (Å²) in [5.41, 5.74) is 2.75. The van der Waals surface area contributed by atoms with Gasteiger partial charge in [0.15, 0.2) is 0 Å². The second-order valence-corrected chi connectivity index (χ2v) is 8.06. The third-order valence-corrected chi connectivity index (χ3v) is 5.47. The van der Waals surface area contributed by atoms with Crippen molar-refractivity contribution in [2.75, 3.05) is 26.8 Å². The number of aryl methyl sites for hydroxylation is 1. The number of rotatable bonds is 13. The first-order valence-electron chi connectivity index (χ1n) is 11.5. The minimum absolute atomic E-state index is 0.316. The lowest BCUT2D eigenvalue weighted by Crippen LogP contribution is -2.34. The van der Waals surface area contributed by atoms with E-state index in [9.17, 15) is 9.50 Å². The Hall–Kier alpha value is -2.74. The number of methoxy groups -OCH3 is 1. The van der Waals surface area contributed by atoms with E-state index in [4.69, 9.17) is 14.6 Å². The van der Waals surface area contributed by atoms with Gasteiger partial charge in [-0.05, 0) is 49.2 Å². The Labute approximate surface area is 195 Å². The maximum Gasteiger partial charge on any atom is 0.227 e. The number of aliphatic hydroxyl groups excluding tert-OH is 1. The van der Waals surface area contributed by atoms with E-state index in [0.717, 1.165) is 36.2 Å². The molecule has 6 nitrogen and oxygen atoms in total. The summed E-state index contributed by atoms with van der Waals surface area (Å²) < 4.78 is 26.9. The Balaban J connectivity index is 2.01.